The van der Waals surface area contributed by atoms with Crippen molar-refractivity contribution in [1.82, 2.24) is 9.21 Å². The highest BCUT2D eigenvalue weighted by Gasteiger charge is 2.32. The molecule has 10 heteroatoms. The van der Waals surface area contributed by atoms with Crippen molar-refractivity contribution < 1.29 is 27.1 Å². The fourth-order valence-electron chi connectivity index (χ4n) is 3.06. The number of carbonyl (C=O) groups excluding carboxylic acids is 1. The van der Waals surface area contributed by atoms with Crippen LogP contribution in [0.5, 0.6) is 5.75 Å². The molecule has 1 amide bonds. The van der Waals surface area contributed by atoms with E-state index in [4.69, 9.17) is 0 Å². The van der Waals surface area contributed by atoms with E-state index < -0.39 is 15.8 Å². The lowest BCUT2D eigenvalue weighted by Gasteiger charge is -2.34. The molecule has 0 atom stereocenters. The van der Waals surface area contributed by atoms with Gasteiger partial charge in [-0.3, -0.25) is 4.79 Å². The van der Waals surface area contributed by atoms with Gasteiger partial charge in [0.05, 0.1) is 0 Å². The van der Waals surface area contributed by atoms with Crippen LogP contribution in [-0.2, 0) is 10.0 Å². The number of aromatic hydroxyl groups is 1. The Bertz CT molecular complexity index is 990. The monoisotopic (exact) mass is 442 g/mol. The van der Waals surface area contributed by atoms with Crippen molar-refractivity contribution >= 4 is 27.7 Å². The van der Waals surface area contributed by atoms with Crippen LogP contribution in [0.2, 0.25) is 0 Å². The van der Waals surface area contributed by atoms with Crippen molar-refractivity contribution in [1.29, 1.82) is 0 Å². The molecule has 1 fully saturated rings. The number of alkyl halides is 2. The van der Waals surface area contributed by atoms with E-state index in [2.05, 4.69) is 0 Å². The number of rotatable bonds is 5. The minimum Gasteiger partial charge on any atom is -0.507 e. The molecule has 1 saturated heterocycles. The Morgan fingerprint density at radius 2 is 1.69 bits per heavy atom. The van der Waals surface area contributed by atoms with Gasteiger partial charge in [-0.05, 0) is 48.9 Å². The molecule has 29 heavy (non-hydrogen) atoms. The first-order valence-corrected chi connectivity index (χ1v) is 11.1. The summed E-state index contributed by atoms with van der Waals surface area (Å²) >= 11 is 0.405. The van der Waals surface area contributed by atoms with Crippen LogP contribution >= 0.6 is 11.8 Å². The maximum absolute atomic E-state index is 12.8. The maximum Gasteiger partial charge on any atom is 0.288 e. The van der Waals surface area contributed by atoms with Crippen LogP contribution in [0.4, 0.5) is 8.78 Å². The number of thioether (sulfide) groups is 1. The molecule has 1 aliphatic heterocycles. The molecule has 0 bridgehead atoms. The molecule has 156 valence electrons. The quantitative estimate of drug-likeness (QED) is 0.720. The number of hydrogen-bond acceptors (Lipinski definition) is 5. The number of phenols is 1. The first-order chi connectivity index (χ1) is 13.7. The van der Waals surface area contributed by atoms with Gasteiger partial charge < -0.3 is 10.0 Å². The van der Waals surface area contributed by atoms with Crippen molar-refractivity contribution in [3.8, 4) is 5.75 Å². The lowest BCUT2D eigenvalue weighted by molar-refractivity contribution is 0.0697. The van der Waals surface area contributed by atoms with E-state index in [0.29, 0.717) is 27.8 Å². The number of phenolic OH excluding ortho intramolecular Hbond substituents is 1. The topological polar surface area (TPSA) is 77.9 Å². The predicted molar refractivity (Wildman–Crippen MR) is 106 cm³/mol. The fraction of sp³-hybridized carbons (Fsp3) is 0.316. The average Bonchev–Trinajstić information content (AvgIpc) is 2.69. The molecule has 2 aromatic rings. The van der Waals surface area contributed by atoms with Gasteiger partial charge in [0.25, 0.3) is 11.7 Å². The molecule has 0 radical (unpaired) electrons. The molecular weight excluding hydrogens is 422 g/mol. The molecule has 1 aliphatic rings. The Balaban J connectivity index is 1.67. The SMILES string of the molecule is Cc1ccc(O)c(S(=O)(=O)N2CCN(C(=O)c3ccc(SC(F)F)cc3)CC2)c1. The summed E-state index contributed by atoms with van der Waals surface area (Å²) in [6.45, 7) is 2.32. The average molecular weight is 443 g/mol. The largest absolute Gasteiger partial charge is 0.507 e. The first-order valence-electron chi connectivity index (χ1n) is 8.82. The third-order valence-corrected chi connectivity index (χ3v) is 7.24. The van der Waals surface area contributed by atoms with Gasteiger partial charge in [-0.15, -0.1) is 0 Å². The number of sulfonamides is 1. The molecule has 3 rings (SSSR count). The smallest absolute Gasteiger partial charge is 0.288 e. The number of nitrogens with zero attached hydrogens (tertiary/aromatic N) is 2. The van der Waals surface area contributed by atoms with Crippen LogP contribution in [0.15, 0.2) is 52.3 Å². The van der Waals surface area contributed by atoms with Crippen LogP contribution in [0.1, 0.15) is 15.9 Å². The van der Waals surface area contributed by atoms with Crippen LogP contribution in [0.3, 0.4) is 0 Å². The van der Waals surface area contributed by atoms with Crippen molar-refractivity contribution in [2.45, 2.75) is 22.5 Å². The molecule has 6 nitrogen and oxygen atoms in total. The van der Waals surface area contributed by atoms with Gasteiger partial charge in [-0.1, -0.05) is 17.8 Å². The zero-order valence-electron chi connectivity index (χ0n) is 15.6. The Labute approximate surface area is 172 Å². The molecule has 0 aliphatic carbocycles. The van der Waals surface area contributed by atoms with E-state index in [1.165, 1.54) is 45.6 Å². The van der Waals surface area contributed by atoms with Gasteiger partial charge in [0.2, 0.25) is 10.0 Å². The highest BCUT2D eigenvalue weighted by molar-refractivity contribution is 7.99. The lowest BCUT2D eigenvalue weighted by atomic mass is 10.2. The summed E-state index contributed by atoms with van der Waals surface area (Å²) < 4.78 is 51.7. The van der Waals surface area contributed by atoms with E-state index in [9.17, 15) is 27.1 Å². The number of piperazine rings is 1. The van der Waals surface area contributed by atoms with Gasteiger partial charge in [0.1, 0.15) is 10.6 Å². The molecule has 1 heterocycles. The normalized spacial score (nSPS) is 15.7. The van der Waals surface area contributed by atoms with E-state index in [-0.39, 0.29) is 42.7 Å². The summed E-state index contributed by atoms with van der Waals surface area (Å²) in [5.41, 5.74) is 1.07. The number of halogens is 2. The summed E-state index contributed by atoms with van der Waals surface area (Å²) in [5, 5.41) is 9.95. The van der Waals surface area contributed by atoms with Gasteiger partial charge in [0, 0.05) is 36.6 Å². The van der Waals surface area contributed by atoms with E-state index in [1.807, 2.05) is 0 Å². The van der Waals surface area contributed by atoms with E-state index in [1.54, 1.807) is 13.0 Å². The summed E-state index contributed by atoms with van der Waals surface area (Å²) in [6, 6.07) is 10.3. The first kappa shape index (κ1) is 21.5. The maximum atomic E-state index is 12.8. The van der Waals surface area contributed by atoms with Gasteiger partial charge in [-0.2, -0.15) is 13.1 Å². The van der Waals surface area contributed by atoms with Gasteiger partial charge in [0.15, 0.2) is 0 Å². The van der Waals surface area contributed by atoms with Gasteiger partial charge >= 0.3 is 0 Å². The van der Waals surface area contributed by atoms with Crippen LogP contribution in [-0.4, -0.2) is 60.6 Å². The number of carbonyl (C=O) groups is 1. The minimum absolute atomic E-state index is 0.0980. The molecule has 0 unspecified atom stereocenters. The second kappa shape index (κ2) is 8.68. The van der Waals surface area contributed by atoms with Crippen LogP contribution in [0.25, 0.3) is 0 Å². The van der Waals surface area contributed by atoms with Crippen molar-refractivity contribution in [2.75, 3.05) is 26.2 Å². The van der Waals surface area contributed by atoms with Crippen molar-refractivity contribution in [3.63, 3.8) is 0 Å². The number of hydrogen-bond donors (Lipinski definition) is 1. The third kappa shape index (κ3) is 4.88. The second-order valence-electron chi connectivity index (χ2n) is 6.57. The summed E-state index contributed by atoms with van der Waals surface area (Å²) in [6.07, 6.45) is 0. The molecule has 1 N–H and O–H groups in total. The fourth-order valence-corrected chi connectivity index (χ4v) is 5.15. The predicted octanol–water partition coefficient (Wildman–Crippen LogP) is 3.16. The summed E-state index contributed by atoms with van der Waals surface area (Å²) in [4.78, 5) is 14.4. The Kier molecular flexibility index (Phi) is 6.45. The van der Waals surface area contributed by atoms with Crippen LogP contribution < -0.4 is 0 Å². The number of aryl methyl sites for hydroxylation is 1. The molecule has 0 saturated carbocycles. The highest BCUT2D eigenvalue weighted by atomic mass is 32.2. The van der Waals surface area contributed by atoms with Crippen LogP contribution in [0, 0.1) is 6.92 Å². The number of benzene rings is 2. The highest BCUT2D eigenvalue weighted by Crippen LogP contribution is 2.28. The summed E-state index contributed by atoms with van der Waals surface area (Å²) in [5.74, 6) is -3.12. The van der Waals surface area contributed by atoms with Crippen molar-refractivity contribution in [3.05, 3.63) is 53.6 Å². The minimum atomic E-state index is -3.87. The Morgan fingerprint density at radius 3 is 2.28 bits per heavy atom. The standard InChI is InChI=1S/C19H20F2N2O4S2/c1-13-2-7-16(24)17(12-13)29(26,27)23-10-8-22(9-11-23)18(25)14-3-5-15(6-4-14)28-19(20)21/h2-7,12,19,24H,8-11H2,1H3. The van der Waals surface area contributed by atoms with Crippen molar-refractivity contribution in [2.24, 2.45) is 0 Å². The van der Waals surface area contributed by atoms with E-state index >= 15 is 0 Å². The molecule has 2 aromatic carbocycles. The zero-order valence-corrected chi connectivity index (χ0v) is 17.2. The third-order valence-electron chi connectivity index (χ3n) is 4.59. The molecule has 0 aromatic heterocycles. The molecular formula is C19H20F2N2O4S2. The lowest BCUT2D eigenvalue weighted by Crippen LogP contribution is -2.50. The Hall–Kier alpha value is -2.17. The number of amides is 1. The van der Waals surface area contributed by atoms with Gasteiger partial charge in [-0.25, -0.2) is 8.42 Å². The molecule has 0 spiro atoms. The summed E-state index contributed by atoms with van der Waals surface area (Å²) in [7, 11) is -3.87. The zero-order chi connectivity index (χ0) is 21.2. The Morgan fingerprint density at radius 1 is 1.07 bits per heavy atom. The van der Waals surface area contributed by atoms with E-state index in [0.717, 1.165) is 0 Å². The second-order valence-corrected chi connectivity index (χ2v) is 9.54.